The zero-order chi connectivity index (χ0) is 17.6. The number of ether oxygens (including phenoxy) is 2. The first-order chi connectivity index (χ1) is 11.3. The van der Waals surface area contributed by atoms with Crippen molar-refractivity contribution in [2.45, 2.75) is 12.6 Å². The summed E-state index contributed by atoms with van der Waals surface area (Å²) >= 11 is 0. The van der Waals surface area contributed by atoms with Crippen LogP contribution in [0, 0.1) is 0 Å². The third-order valence-corrected chi connectivity index (χ3v) is 2.90. The predicted octanol–water partition coefficient (Wildman–Crippen LogP) is 1.87. The molecular weight excluding hydrogens is 456 g/mol. The normalized spacial score (nSPS) is 14.1. The molecule has 1 aromatic rings. The van der Waals surface area contributed by atoms with E-state index in [0.29, 0.717) is 30.4 Å². The summed E-state index contributed by atoms with van der Waals surface area (Å²) in [6.07, 6.45) is -3.69. The molecule has 1 aliphatic heterocycles. The van der Waals surface area contributed by atoms with E-state index in [1.807, 2.05) is 0 Å². The fourth-order valence-corrected chi connectivity index (χ4v) is 1.84. The molecule has 0 aliphatic carbocycles. The van der Waals surface area contributed by atoms with Gasteiger partial charge in [0.2, 0.25) is 5.91 Å². The number of nitrogens with one attached hydrogen (secondary N) is 2. The number of fused-ring (bicyclic) bond motifs is 1. The number of hydrogen-bond acceptors (Lipinski definition) is 4. The number of amides is 1. The van der Waals surface area contributed by atoms with Crippen LogP contribution in [-0.2, 0) is 4.79 Å². The van der Waals surface area contributed by atoms with Crippen LogP contribution in [0.1, 0.15) is 6.42 Å². The molecule has 0 bridgehead atoms. The molecule has 0 atom stereocenters. The smallest absolute Gasteiger partial charge is 0.405 e. The highest BCUT2D eigenvalue weighted by molar-refractivity contribution is 14.0. The van der Waals surface area contributed by atoms with Crippen LogP contribution in [0.2, 0.25) is 0 Å². The van der Waals surface area contributed by atoms with E-state index in [2.05, 4.69) is 10.3 Å². The Morgan fingerprint density at radius 2 is 1.92 bits per heavy atom. The maximum atomic E-state index is 12.0. The number of halogens is 4. The van der Waals surface area contributed by atoms with Gasteiger partial charge in [0.25, 0.3) is 0 Å². The van der Waals surface area contributed by atoms with Gasteiger partial charge in [0.15, 0.2) is 17.5 Å². The van der Waals surface area contributed by atoms with Crippen molar-refractivity contribution < 1.29 is 27.4 Å². The summed E-state index contributed by atoms with van der Waals surface area (Å²) in [7, 11) is 0. The van der Waals surface area contributed by atoms with Crippen molar-refractivity contribution in [2.24, 2.45) is 10.7 Å². The quantitative estimate of drug-likeness (QED) is 0.352. The first-order valence-electron chi connectivity index (χ1n) is 7.13. The van der Waals surface area contributed by atoms with Gasteiger partial charge in [-0.3, -0.25) is 4.79 Å². The molecule has 1 aliphatic rings. The number of aliphatic imine (C=N–C) groups is 1. The summed E-state index contributed by atoms with van der Waals surface area (Å²) in [5, 5.41) is 4.43. The number of guanidine groups is 1. The minimum absolute atomic E-state index is 0. The van der Waals surface area contributed by atoms with Gasteiger partial charge in [0.05, 0.1) is 13.2 Å². The number of nitrogens with two attached hydrogens (primary N) is 1. The van der Waals surface area contributed by atoms with Crippen LogP contribution in [0.5, 0.6) is 11.5 Å². The number of anilines is 1. The van der Waals surface area contributed by atoms with E-state index < -0.39 is 25.2 Å². The Hall–Kier alpha value is -1.92. The van der Waals surface area contributed by atoms with Crippen molar-refractivity contribution in [3.63, 3.8) is 0 Å². The lowest BCUT2D eigenvalue weighted by Gasteiger charge is -2.11. The van der Waals surface area contributed by atoms with Crippen LogP contribution in [0.15, 0.2) is 23.2 Å². The van der Waals surface area contributed by atoms with Crippen molar-refractivity contribution in [1.29, 1.82) is 0 Å². The minimum Gasteiger partial charge on any atom is -0.490 e. The summed E-state index contributed by atoms with van der Waals surface area (Å²) in [6, 6.07) is 5.04. The molecule has 7 nitrogen and oxygen atoms in total. The number of hydrogen-bond donors (Lipinski definition) is 3. The van der Waals surface area contributed by atoms with Crippen LogP contribution >= 0.6 is 24.0 Å². The van der Waals surface area contributed by atoms with E-state index in [0.717, 1.165) is 6.42 Å². The standard InChI is InChI=1S/C14H17F3N4O3.HI/c15-14(16,17)8-20-12(22)7-19-13(18)21-9-2-3-10-11(6-9)24-5-1-4-23-10;/h2-3,6H,1,4-5,7-8H2,(H,20,22)(H3,18,19,21);1H. The topological polar surface area (TPSA) is 98.0 Å². The van der Waals surface area contributed by atoms with Crippen LogP contribution in [0.25, 0.3) is 0 Å². The Labute approximate surface area is 159 Å². The summed E-state index contributed by atoms with van der Waals surface area (Å²) in [5.41, 5.74) is 6.16. The Kier molecular flexibility index (Phi) is 8.06. The van der Waals surface area contributed by atoms with E-state index in [4.69, 9.17) is 15.2 Å². The molecule has 1 aromatic carbocycles. The molecule has 1 heterocycles. The fourth-order valence-electron chi connectivity index (χ4n) is 1.84. The summed E-state index contributed by atoms with van der Waals surface area (Å²) in [4.78, 5) is 14.9. The Morgan fingerprint density at radius 1 is 1.24 bits per heavy atom. The molecule has 0 saturated heterocycles. The molecule has 0 saturated carbocycles. The molecule has 0 radical (unpaired) electrons. The lowest BCUT2D eigenvalue weighted by atomic mass is 10.3. The maximum Gasteiger partial charge on any atom is 0.405 e. The van der Waals surface area contributed by atoms with E-state index in [-0.39, 0.29) is 29.9 Å². The van der Waals surface area contributed by atoms with Crippen molar-refractivity contribution in [3.05, 3.63) is 18.2 Å². The van der Waals surface area contributed by atoms with Crippen LogP contribution in [0.4, 0.5) is 18.9 Å². The zero-order valence-electron chi connectivity index (χ0n) is 13.1. The molecular formula is C14H18F3IN4O3. The molecule has 25 heavy (non-hydrogen) atoms. The van der Waals surface area contributed by atoms with Gasteiger partial charge < -0.3 is 25.8 Å². The average molecular weight is 474 g/mol. The summed E-state index contributed by atoms with van der Waals surface area (Å²) in [5.74, 6) is 0.177. The number of rotatable bonds is 4. The Balaban J connectivity index is 0.00000312. The second kappa shape index (κ2) is 9.53. The first-order valence-corrected chi connectivity index (χ1v) is 7.13. The number of nitrogens with zero attached hydrogens (tertiary/aromatic N) is 1. The number of alkyl halides is 3. The molecule has 4 N–H and O–H groups in total. The van der Waals surface area contributed by atoms with Gasteiger partial charge in [-0.25, -0.2) is 4.99 Å². The van der Waals surface area contributed by atoms with Crippen molar-refractivity contribution in [1.82, 2.24) is 5.32 Å². The third-order valence-electron chi connectivity index (χ3n) is 2.90. The van der Waals surface area contributed by atoms with Crippen LogP contribution < -0.4 is 25.8 Å². The van der Waals surface area contributed by atoms with Crippen molar-refractivity contribution in [3.8, 4) is 11.5 Å². The molecule has 2 rings (SSSR count). The summed E-state index contributed by atoms with van der Waals surface area (Å²) in [6.45, 7) is -0.827. The monoisotopic (exact) mass is 474 g/mol. The van der Waals surface area contributed by atoms with E-state index in [1.54, 1.807) is 23.5 Å². The minimum atomic E-state index is -4.47. The van der Waals surface area contributed by atoms with Crippen LogP contribution in [0.3, 0.4) is 0 Å². The maximum absolute atomic E-state index is 12.0. The van der Waals surface area contributed by atoms with Gasteiger partial charge >= 0.3 is 6.18 Å². The summed E-state index contributed by atoms with van der Waals surface area (Å²) < 4.78 is 46.9. The average Bonchev–Trinajstić information content (AvgIpc) is 2.75. The van der Waals surface area contributed by atoms with Gasteiger partial charge in [-0.2, -0.15) is 13.2 Å². The first kappa shape index (κ1) is 21.1. The van der Waals surface area contributed by atoms with Crippen LogP contribution in [-0.4, -0.2) is 44.3 Å². The lowest BCUT2D eigenvalue weighted by Crippen LogP contribution is -2.35. The molecule has 1 amide bonds. The van der Waals surface area contributed by atoms with Crippen molar-refractivity contribution in [2.75, 3.05) is 31.6 Å². The molecule has 0 fully saturated rings. The van der Waals surface area contributed by atoms with E-state index in [9.17, 15) is 18.0 Å². The molecule has 11 heteroatoms. The lowest BCUT2D eigenvalue weighted by molar-refractivity contribution is -0.137. The fraction of sp³-hybridized carbons (Fsp3) is 0.429. The van der Waals surface area contributed by atoms with Gasteiger partial charge in [-0.05, 0) is 12.1 Å². The number of benzene rings is 1. The highest BCUT2D eigenvalue weighted by atomic mass is 127. The molecule has 0 spiro atoms. The Morgan fingerprint density at radius 3 is 2.60 bits per heavy atom. The molecule has 0 aromatic heterocycles. The second-order valence-corrected chi connectivity index (χ2v) is 4.93. The number of carbonyl (C=O) groups is 1. The van der Waals surface area contributed by atoms with E-state index >= 15 is 0 Å². The largest absolute Gasteiger partial charge is 0.490 e. The van der Waals surface area contributed by atoms with Crippen molar-refractivity contribution >= 4 is 41.5 Å². The third kappa shape index (κ3) is 7.67. The van der Waals surface area contributed by atoms with Gasteiger partial charge in [-0.15, -0.1) is 24.0 Å². The molecule has 140 valence electrons. The highest BCUT2D eigenvalue weighted by Crippen LogP contribution is 2.32. The molecule has 0 unspecified atom stereocenters. The van der Waals surface area contributed by atoms with Gasteiger partial charge in [0.1, 0.15) is 13.1 Å². The van der Waals surface area contributed by atoms with Gasteiger partial charge in [0, 0.05) is 18.2 Å². The Bertz CT molecular complexity index is 626. The second-order valence-electron chi connectivity index (χ2n) is 4.93. The predicted molar refractivity (Wildman–Crippen MR) is 96.6 cm³/mol. The highest BCUT2D eigenvalue weighted by Gasteiger charge is 2.27. The van der Waals surface area contributed by atoms with Gasteiger partial charge in [-0.1, -0.05) is 0 Å². The van der Waals surface area contributed by atoms with E-state index in [1.165, 1.54) is 0 Å². The number of carbonyl (C=O) groups excluding carboxylic acids is 1. The SMILES string of the molecule is I.NC(=NCC(=O)NCC(F)(F)F)Nc1ccc2c(c1)OCCCO2. The zero-order valence-corrected chi connectivity index (χ0v) is 15.4.